The van der Waals surface area contributed by atoms with Gasteiger partial charge in [0.1, 0.15) is 6.54 Å². The largest absolute Gasteiger partial charge is 0.505 e. The molecule has 0 aromatic rings. The first kappa shape index (κ1) is 13.9. The van der Waals surface area contributed by atoms with Crippen molar-refractivity contribution in [2.45, 2.75) is 18.9 Å². The van der Waals surface area contributed by atoms with E-state index in [0.29, 0.717) is 0 Å². The van der Waals surface area contributed by atoms with E-state index in [-0.39, 0.29) is 18.6 Å². The number of amides is 1. The molecule has 8 heteroatoms. The number of aliphatic hydroxyl groups is 1. The molecule has 0 saturated heterocycles. The maximum absolute atomic E-state index is 11.1. The fraction of sp³-hybridized carbons (Fsp3) is 0.500. The Morgan fingerprint density at radius 3 is 2.62 bits per heavy atom. The zero-order valence-electron chi connectivity index (χ0n) is 8.46. The van der Waals surface area contributed by atoms with Gasteiger partial charge in [-0.3, -0.25) is 9.59 Å². The van der Waals surface area contributed by atoms with Gasteiger partial charge in [-0.1, -0.05) is 0 Å². The normalized spacial score (nSPS) is 12.6. The molecule has 0 spiro atoms. The van der Waals surface area contributed by atoms with Gasteiger partial charge < -0.3 is 21.3 Å². The molecule has 0 fully saturated rings. The molecule has 0 aliphatic heterocycles. The highest BCUT2D eigenvalue weighted by atomic mass is 16.4. The second-order valence-electron chi connectivity index (χ2n) is 2.99. The Balaban J connectivity index is 3.93. The Bertz CT molecular complexity index is 333. The minimum Gasteiger partial charge on any atom is -0.505 e. The summed E-state index contributed by atoms with van der Waals surface area (Å²) in [5.74, 6) is -2.00. The van der Waals surface area contributed by atoms with Crippen molar-refractivity contribution in [2.24, 2.45) is 5.73 Å². The molecule has 0 radical (unpaired) electrons. The number of nitrogens with zero attached hydrogens (tertiary/aromatic N) is 2. The summed E-state index contributed by atoms with van der Waals surface area (Å²) in [6, 6.07) is -0.923. The lowest BCUT2D eigenvalue weighted by Gasteiger charge is -2.09. The van der Waals surface area contributed by atoms with Gasteiger partial charge in [0.15, 0.2) is 10.7 Å². The summed E-state index contributed by atoms with van der Waals surface area (Å²) in [5, 5.41) is 27.5. The monoisotopic (exact) mass is 229 g/mol. The molecule has 0 aliphatic rings. The van der Waals surface area contributed by atoms with Crippen LogP contribution in [0.4, 0.5) is 0 Å². The van der Waals surface area contributed by atoms with E-state index in [4.69, 9.17) is 21.3 Å². The second kappa shape index (κ2) is 7.19. The van der Waals surface area contributed by atoms with Crippen LogP contribution < -0.4 is 11.1 Å². The average Bonchev–Trinajstić information content (AvgIpc) is 2.22. The number of carboxylic acids is 1. The van der Waals surface area contributed by atoms with Gasteiger partial charge in [-0.2, -0.15) is 0 Å². The van der Waals surface area contributed by atoms with Crippen molar-refractivity contribution in [3.8, 4) is 0 Å². The summed E-state index contributed by atoms with van der Waals surface area (Å²) < 4.78 is 0. The van der Waals surface area contributed by atoms with Crippen LogP contribution >= 0.6 is 0 Å². The Labute approximate surface area is 91.4 Å². The van der Waals surface area contributed by atoms with Crippen molar-refractivity contribution < 1.29 is 19.8 Å². The number of aliphatic hydroxyl groups excluding tert-OH is 1. The molecule has 16 heavy (non-hydrogen) atoms. The number of carbonyl (C=O) groups excluding carboxylic acids is 1. The zero-order valence-corrected chi connectivity index (χ0v) is 8.46. The smallest absolute Gasteiger partial charge is 0.387 e. The summed E-state index contributed by atoms with van der Waals surface area (Å²) in [4.78, 5) is 23.9. The Hall–Kier alpha value is -2.14. The molecule has 0 rings (SSSR count). The summed E-state index contributed by atoms with van der Waals surface area (Å²) in [6.07, 6.45) is 0.997. The van der Waals surface area contributed by atoms with Crippen molar-refractivity contribution in [1.82, 2.24) is 5.32 Å². The van der Waals surface area contributed by atoms with Gasteiger partial charge in [0.2, 0.25) is 11.3 Å². The molecule has 0 aliphatic carbocycles. The van der Waals surface area contributed by atoms with E-state index in [2.05, 4.69) is 10.3 Å². The van der Waals surface area contributed by atoms with Gasteiger partial charge in [0.25, 0.3) is 0 Å². The molecule has 88 valence electrons. The quantitative estimate of drug-likeness (QED) is 0.359. The fourth-order valence-electron chi connectivity index (χ4n) is 0.859. The van der Waals surface area contributed by atoms with E-state index in [9.17, 15) is 9.59 Å². The molecule has 0 heterocycles. The molecule has 0 aromatic carbocycles. The van der Waals surface area contributed by atoms with Gasteiger partial charge >= 0.3 is 12.2 Å². The maximum Gasteiger partial charge on any atom is 0.387 e. The first-order chi connectivity index (χ1) is 7.47. The van der Waals surface area contributed by atoms with E-state index < -0.39 is 24.5 Å². The lowest BCUT2D eigenvalue weighted by atomic mass is 10.1. The highest BCUT2D eigenvalue weighted by Gasteiger charge is 2.15. The van der Waals surface area contributed by atoms with Gasteiger partial charge in [0.05, 0.1) is 6.04 Å². The summed E-state index contributed by atoms with van der Waals surface area (Å²) in [5.41, 5.74) is 5.41. The van der Waals surface area contributed by atoms with E-state index in [1.54, 1.807) is 0 Å². The lowest BCUT2D eigenvalue weighted by molar-refractivity contribution is -0.138. The van der Waals surface area contributed by atoms with Gasteiger partial charge in [-0.15, -0.1) is 0 Å². The van der Waals surface area contributed by atoms with Crippen LogP contribution in [0.5, 0.6) is 0 Å². The van der Waals surface area contributed by atoms with Crippen molar-refractivity contribution in [3.63, 3.8) is 0 Å². The van der Waals surface area contributed by atoms with Gasteiger partial charge in [0, 0.05) is 6.42 Å². The molecule has 8 nitrogen and oxygen atoms in total. The standard InChI is InChI=1S/C8H12N4O4/c9-6(2-1-5(13)3-12-10)8(16)11-4-7(14)15/h3,6H,1-2,4,9H2,(H2-,11,13,14,15,16)/p+1/b5-3-/t6-/m0/s1. The maximum atomic E-state index is 11.1. The number of nitrogens with two attached hydrogens (primary N) is 1. The molecule has 5 N–H and O–H groups in total. The van der Waals surface area contributed by atoms with Crippen molar-refractivity contribution in [3.05, 3.63) is 16.9 Å². The molecular weight excluding hydrogens is 216 g/mol. The van der Waals surface area contributed by atoms with E-state index in [0.717, 1.165) is 6.20 Å². The fourth-order valence-corrected chi connectivity index (χ4v) is 0.859. The Morgan fingerprint density at radius 1 is 1.50 bits per heavy atom. The van der Waals surface area contributed by atoms with E-state index in [1.807, 2.05) is 0 Å². The van der Waals surface area contributed by atoms with Crippen LogP contribution in [-0.2, 0) is 9.59 Å². The number of hydrogen-bond acceptors (Lipinski definition) is 5. The van der Waals surface area contributed by atoms with Crippen LogP contribution in [-0.4, -0.2) is 34.7 Å². The molecule has 0 bridgehead atoms. The van der Waals surface area contributed by atoms with E-state index in [1.165, 1.54) is 0 Å². The molecule has 0 aromatic heterocycles. The summed E-state index contributed by atoms with van der Waals surface area (Å²) in [6.45, 7) is -0.500. The average molecular weight is 229 g/mol. The van der Waals surface area contributed by atoms with Crippen LogP contribution in [0.25, 0.3) is 4.98 Å². The van der Waals surface area contributed by atoms with Crippen molar-refractivity contribution >= 4 is 11.9 Å². The van der Waals surface area contributed by atoms with Crippen LogP contribution in [0.1, 0.15) is 12.8 Å². The third kappa shape index (κ3) is 6.33. The van der Waals surface area contributed by atoms with Crippen LogP contribution in [0, 0.1) is 5.39 Å². The second-order valence-corrected chi connectivity index (χ2v) is 2.99. The highest BCUT2D eigenvalue weighted by Crippen LogP contribution is 2.03. The Kier molecular flexibility index (Phi) is 6.23. The number of allylic oxidation sites excluding steroid dienone is 1. The van der Waals surface area contributed by atoms with Crippen molar-refractivity contribution in [1.29, 1.82) is 5.39 Å². The predicted molar refractivity (Wildman–Crippen MR) is 53.7 cm³/mol. The van der Waals surface area contributed by atoms with Gasteiger partial charge in [-0.25, -0.2) is 0 Å². The van der Waals surface area contributed by atoms with Gasteiger partial charge in [-0.05, 0) is 6.42 Å². The topological polar surface area (TPSA) is 141 Å². The summed E-state index contributed by atoms with van der Waals surface area (Å²) in [7, 11) is 0. The molecule has 0 saturated carbocycles. The third-order valence-electron chi connectivity index (χ3n) is 1.67. The minimum absolute atomic E-state index is 0.0612. The number of diazo groups is 1. The minimum atomic E-state index is -1.16. The Morgan fingerprint density at radius 2 is 2.12 bits per heavy atom. The predicted octanol–water partition coefficient (Wildman–Crippen LogP) is -0.453. The number of carboxylic acid groups (broad SMARTS) is 1. The first-order valence-electron chi connectivity index (χ1n) is 4.44. The highest BCUT2D eigenvalue weighted by molar-refractivity contribution is 5.84. The molecular formula is C8H13N4O4+. The number of nitrogens with one attached hydrogen (secondary N) is 1. The zero-order chi connectivity index (χ0) is 12.6. The van der Waals surface area contributed by atoms with E-state index >= 15 is 0 Å². The SMILES string of the molecule is N#[N+]/C=C(\O)CC[C@H](N)C(=O)NCC(=O)O. The lowest BCUT2D eigenvalue weighted by Crippen LogP contribution is -2.42. The molecule has 1 atom stereocenters. The third-order valence-corrected chi connectivity index (χ3v) is 1.67. The molecule has 1 amide bonds. The first-order valence-corrected chi connectivity index (χ1v) is 4.44. The van der Waals surface area contributed by atoms with Crippen LogP contribution in [0.2, 0.25) is 0 Å². The van der Waals surface area contributed by atoms with Crippen LogP contribution in [0.15, 0.2) is 12.0 Å². The summed E-state index contributed by atoms with van der Waals surface area (Å²) >= 11 is 0. The number of aliphatic carboxylic acids is 1. The number of rotatable bonds is 6. The number of hydrogen-bond donors (Lipinski definition) is 4. The van der Waals surface area contributed by atoms with Crippen LogP contribution in [0.3, 0.4) is 0 Å². The number of carbonyl (C=O) groups is 2. The molecule has 0 unspecified atom stereocenters. The van der Waals surface area contributed by atoms with Crippen molar-refractivity contribution in [2.75, 3.05) is 6.54 Å².